The number of hydrogen-bond acceptors (Lipinski definition) is 3. The molecule has 0 aliphatic heterocycles. The summed E-state index contributed by atoms with van der Waals surface area (Å²) in [5.74, 6) is 1.10. The highest BCUT2D eigenvalue weighted by Gasteiger charge is 2.13. The maximum absolute atomic E-state index is 4.80. The summed E-state index contributed by atoms with van der Waals surface area (Å²) in [4.78, 5) is 7.17. The standard InChI is InChI=1S/C17H31N3/c1-8-11-20(13(2)3)16-10-9-15(14(4)19-16)12-18-17(5,6)7/h9-10,13,18H,8,11-12H2,1-7H3. The number of aromatic nitrogens is 1. The van der Waals surface area contributed by atoms with E-state index in [1.807, 2.05) is 0 Å². The molecule has 3 nitrogen and oxygen atoms in total. The Bertz CT molecular complexity index is 419. The van der Waals surface area contributed by atoms with E-state index < -0.39 is 0 Å². The molecule has 0 unspecified atom stereocenters. The predicted octanol–water partition coefficient (Wildman–Crippen LogP) is 3.90. The molecule has 1 heterocycles. The zero-order valence-electron chi connectivity index (χ0n) is 14.2. The van der Waals surface area contributed by atoms with Crippen LogP contribution >= 0.6 is 0 Å². The number of anilines is 1. The molecule has 0 atom stereocenters. The van der Waals surface area contributed by atoms with Crippen LogP contribution < -0.4 is 10.2 Å². The first-order valence-electron chi connectivity index (χ1n) is 7.72. The van der Waals surface area contributed by atoms with Crippen molar-refractivity contribution in [3.63, 3.8) is 0 Å². The van der Waals surface area contributed by atoms with E-state index in [9.17, 15) is 0 Å². The third kappa shape index (κ3) is 5.12. The Kier molecular flexibility index (Phi) is 6.00. The zero-order chi connectivity index (χ0) is 15.3. The molecule has 114 valence electrons. The van der Waals surface area contributed by atoms with Gasteiger partial charge in [0.05, 0.1) is 0 Å². The summed E-state index contributed by atoms with van der Waals surface area (Å²) in [6, 6.07) is 4.85. The van der Waals surface area contributed by atoms with E-state index in [1.54, 1.807) is 0 Å². The highest BCUT2D eigenvalue weighted by Crippen LogP contribution is 2.18. The zero-order valence-corrected chi connectivity index (χ0v) is 14.2. The minimum Gasteiger partial charge on any atom is -0.354 e. The average molecular weight is 277 g/mol. The van der Waals surface area contributed by atoms with Crippen LogP contribution in [0, 0.1) is 6.92 Å². The summed E-state index contributed by atoms with van der Waals surface area (Å²) in [6.45, 7) is 17.3. The van der Waals surface area contributed by atoms with Crippen molar-refractivity contribution in [2.24, 2.45) is 0 Å². The Morgan fingerprint density at radius 1 is 1.25 bits per heavy atom. The lowest BCUT2D eigenvalue weighted by molar-refractivity contribution is 0.423. The van der Waals surface area contributed by atoms with E-state index in [2.05, 4.69) is 70.8 Å². The summed E-state index contributed by atoms with van der Waals surface area (Å²) < 4.78 is 0. The van der Waals surface area contributed by atoms with E-state index in [-0.39, 0.29) is 5.54 Å². The van der Waals surface area contributed by atoms with Crippen molar-refractivity contribution in [2.45, 2.75) is 73.0 Å². The van der Waals surface area contributed by atoms with E-state index in [1.165, 1.54) is 5.56 Å². The van der Waals surface area contributed by atoms with Gasteiger partial charge >= 0.3 is 0 Å². The van der Waals surface area contributed by atoms with Gasteiger partial charge in [0.25, 0.3) is 0 Å². The first-order valence-corrected chi connectivity index (χ1v) is 7.72. The minimum absolute atomic E-state index is 0.136. The van der Waals surface area contributed by atoms with Gasteiger partial charge in [-0.1, -0.05) is 13.0 Å². The lowest BCUT2D eigenvalue weighted by Gasteiger charge is -2.28. The lowest BCUT2D eigenvalue weighted by Crippen LogP contribution is -2.35. The van der Waals surface area contributed by atoms with Gasteiger partial charge in [0.2, 0.25) is 0 Å². The summed E-state index contributed by atoms with van der Waals surface area (Å²) in [7, 11) is 0. The van der Waals surface area contributed by atoms with Crippen molar-refractivity contribution < 1.29 is 0 Å². The molecule has 0 aliphatic rings. The maximum atomic E-state index is 4.80. The summed E-state index contributed by atoms with van der Waals surface area (Å²) >= 11 is 0. The molecule has 1 aromatic rings. The van der Waals surface area contributed by atoms with Crippen molar-refractivity contribution in [3.05, 3.63) is 23.4 Å². The molecule has 0 saturated heterocycles. The Hall–Kier alpha value is -1.09. The molecule has 1 rings (SSSR count). The van der Waals surface area contributed by atoms with Gasteiger partial charge in [0.1, 0.15) is 5.82 Å². The van der Waals surface area contributed by atoms with Gasteiger partial charge in [-0.25, -0.2) is 4.98 Å². The molecule has 0 bridgehead atoms. The van der Waals surface area contributed by atoms with Gasteiger partial charge in [-0.3, -0.25) is 0 Å². The molecule has 20 heavy (non-hydrogen) atoms. The van der Waals surface area contributed by atoms with Crippen LogP contribution in [0.4, 0.5) is 5.82 Å². The molecule has 1 N–H and O–H groups in total. The lowest BCUT2D eigenvalue weighted by atomic mass is 10.1. The summed E-state index contributed by atoms with van der Waals surface area (Å²) in [5.41, 5.74) is 2.54. The van der Waals surface area contributed by atoms with E-state index in [0.29, 0.717) is 6.04 Å². The third-order valence-electron chi connectivity index (χ3n) is 3.37. The van der Waals surface area contributed by atoms with Crippen molar-refractivity contribution in [1.82, 2.24) is 10.3 Å². The quantitative estimate of drug-likeness (QED) is 0.854. The molecule has 0 spiro atoms. The molecule has 3 heteroatoms. The average Bonchev–Trinajstić information content (AvgIpc) is 2.33. The van der Waals surface area contributed by atoms with Crippen molar-refractivity contribution in [3.8, 4) is 0 Å². The summed E-state index contributed by atoms with van der Waals surface area (Å²) in [6.07, 6.45) is 1.15. The van der Waals surface area contributed by atoms with Crippen molar-refractivity contribution >= 4 is 5.82 Å². The molecule has 1 aromatic heterocycles. The second-order valence-electron chi connectivity index (χ2n) is 6.80. The Labute approximate surface area is 124 Å². The molecule has 0 amide bonds. The fraction of sp³-hybridized carbons (Fsp3) is 0.706. The topological polar surface area (TPSA) is 28.2 Å². The first-order chi connectivity index (χ1) is 9.24. The number of nitrogens with zero attached hydrogens (tertiary/aromatic N) is 2. The monoisotopic (exact) mass is 277 g/mol. The predicted molar refractivity (Wildman–Crippen MR) is 88.3 cm³/mol. The maximum Gasteiger partial charge on any atom is 0.129 e. The largest absolute Gasteiger partial charge is 0.354 e. The minimum atomic E-state index is 0.136. The highest BCUT2D eigenvalue weighted by atomic mass is 15.2. The molecule has 0 aliphatic carbocycles. The second-order valence-corrected chi connectivity index (χ2v) is 6.80. The number of hydrogen-bond donors (Lipinski definition) is 1. The molecule has 0 saturated carbocycles. The van der Waals surface area contributed by atoms with E-state index in [4.69, 9.17) is 4.98 Å². The van der Waals surface area contributed by atoms with E-state index in [0.717, 1.165) is 31.0 Å². The fourth-order valence-corrected chi connectivity index (χ4v) is 2.16. The van der Waals surface area contributed by atoms with Crippen LogP contribution in [0.15, 0.2) is 12.1 Å². The molecule has 0 fully saturated rings. The van der Waals surface area contributed by atoms with Crippen LogP contribution in [0.3, 0.4) is 0 Å². The van der Waals surface area contributed by atoms with Gasteiger partial charge in [-0.2, -0.15) is 0 Å². The fourth-order valence-electron chi connectivity index (χ4n) is 2.16. The van der Waals surface area contributed by atoms with Crippen LogP contribution in [0.1, 0.15) is 59.2 Å². The Balaban J connectivity index is 2.86. The molecule has 0 aromatic carbocycles. The smallest absolute Gasteiger partial charge is 0.129 e. The van der Waals surface area contributed by atoms with Crippen LogP contribution in [0.25, 0.3) is 0 Å². The number of nitrogens with one attached hydrogen (secondary N) is 1. The molecular weight excluding hydrogens is 246 g/mol. The van der Waals surface area contributed by atoms with Crippen molar-refractivity contribution in [2.75, 3.05) is 11.4 Å². The Morgan fingerprint density at radius 3 is 2.35 bits per heavy atom. The Morgan fingerprint density at radius 2 is 1.90 bits per heavy atom. The van der Waals surface area contributed by atoms with Crippen LogP contribution in [-0.4, -0.2) is 23.1 Å². The second kappa shape index (κ2) is 7.07. The number of pyridine rings is 1. The highest BCUT2D eigenvalue weighted by molar-refractivity contribution is 5.42. The molecular formula is C17H31N3. The van der Waals surface area contributed by atoms with Gasteiger partial charge in [0, 0.05) is 30.4 Å². The first kappa shape index (κ1) is 17.0. The van der Waals surface area contributed by atoms with Crippen LogP contribution in [-0.2, 0) is 6.54 Å². The van der Waals surface area contributed by atoms with Crippen LogP contribution in [0.5, 0.6) is 0 Å². The number of aryl methyl sites for hydroxylation is 1. The normalized spacial score (nSPS) is 12.0. The van der Waals surface area contributed by atoms with E-state index >= 15 is 0 Å². The van der Waals surface area contributed by atoms with Gasteiger partial charge < -0.3 is 10.2 Å². The van der Waals surface area contributed by atoms with Crippen molar-refractivity contribution in [1.29, 1.82) is 0 Å². The van der Waals surface area contributed by atoms with Crippen LogP contribution in [0.2, 0.25) is 0 Å². The van der Waals surface area contributed by atoms with Gasteiger partial charge in [0.15, 0.2) is 0 Å². The third-order valence-corrected chi connectivity index (χ3v) is 3.37. The number of rotatable bonds is 6. The molecule has 0 radical (unpaired) electrons. The van der Waals surface area contributed by atoms with Gasteiger partial charge in [-0.05, 0) is 59.6 Å². The summed E-state index contributed by atoms with van der Waals surface area (Å²) in [5, 5.41) is 3.52. The SMILES string of the molecule is CCCN(c1ccc(CNC(C)(C)C)c(C)n1)C(C)C. The van der Waals surface area contributed by atoms with Gasteiger partial charge in [-0.15, -0.1) is 0 Å².